The summed E-state index contributed by atoms with van der Waals surface area (Å²) in [6.07, 6.45) is 4.48. The Balaban J connectivity index is 1.41. The summed E-state index contributed by atoms with van der Waals surface area (Å²) in [7, 11) is 0. The number of cyclic esters (lactones) is 1. The van der Waals surface area contributed by atoms with Crippen molar-refractivity contribution in [2.24, 2.45) is 23.7 Å². The molecule has 40 heavy (non-hydrogen) atoms. The first-order chi connectivity index (χ1) is 19.1. The van der Waals surface area contributed by atoms with Crippen molar-refractivity contribution in [1.29, 1.82) is 0 Å². The highest BCUT2D eigenvalue weighted by molar-refractivity contribution is 9.12. The van der Waals surface area contributed by atoms with E-state index in [0.717, 1.165) is 18.4 Å². The van der Waals surface area contributed by atoms with E-state index in [2.05, 4.69) is 52.3 Å². The number of aromatic nitrogens is 3. The number of rotatable bonds is 12. The third kappa shape index (κ3) is 7.94. The molecule has 1 saturated carbocycles. The molecule has 0 saturated heterocycles. The van der Waals surface area contributed by atoms with Crippen LogP contribution in [0, 0.1) is 23.7 Å². The van der Waals surface area contributed by atoms with Crippen LogP contribution in [0.3, 0.4) is 0 Å². The van der Waals surface area contributed by atoms with Crippen LogP contribution in [0.2, 0.25) is 0 Å². The number of nitrogens with zero attached hydrogens (tertiary/aromatic N) is 3. The molecule has 0 amide bonds. The van der Waals surface area contributed by atoms with Gasteiger partial charge >= 0.3 is 11.9 Å². The number of hydrogen-bond acceptors (Lipinski definition) is 8. The summed E-state index contributed by atoms with van der Waals surface area (Å²) in [6.45, 7) is 11.3. The smallest absolute Gasteiger partial charge is 0.349 e. The van der Waals surface area contributed by atoms with Gasteiger partial charge in [-0.2, -0.15) is 0 Å². The predicted octanol–water partition coefficient (Wildman–Crippen LogP) is 5.34. The van der Waals surface area contributed by atoms with Crippen LogP contribution < -0.4 is 5.32 Å². The fourth-order valence-corrected chi connectivity index (χ4v) is 5.84. The minimum Gasteiger partial charge on any atom is -0.458 e. The van der Waals surface area contributed by atoms with Gasteiger partial charge in [0, 0.05) is 0 Å². The van der Waals surface area contributed by atoms with Crippen LogP contribution in [-0.4, -0.2) is 45.4 Å². The normalized spacial score (nSPS) is 23.9. The first-order valence-corrected chi connectivity index (χ1v) is 15.0. The second-order valence-corrected chi connectivity index (χ2v) is 12.6. The summed E-state index contributed by atoms with van der Waals surface area (Å²) in [4.78, 5) is 25.8. The fourth-order valence-electron chi connectivity index (χ4n) is 5.45. The van der Waals surface area contributed by atoms with E-state index in [1.165, 1.54) is 6.42 Å². The first kappa shape index (κ1) is 30.2. The SMILES string of the molecule is CC(C)C[C@H](NC1=C(Br)C(=O)O[C@@H]1O[C@@H]1C[C@H](C)CC[C@H]1C(C)C)C(=O)OCc1cn(Cc2ccccc2)nn1. The van der Waals surface area contributed by atoms with Crippen LogP contribution in [0.4, 0.5) is 0 Å². The van der Waals surface area contributed by atoms with Crippen molar-refractivity contribution in [2.45, 2.75) is 91.9 Å². The molecule has 2 aliphatic rings. The van der Waals surface area contributed by atoms with Crippen LogP contribution in [-0.2, 0) is 37.0 Å². The average Bonchev–Trinajstić information content (AvgIpc) is 3.46. The summed E-state index contributed by atoms with van der Waals surface area (Å²) in [6, 6.07) is 9.25. The largest absolute Gasteiger partial charge is 0.458 e. The van der Waals surface area contributed by atoms with Crippen LogP contribution >= 0.6 is 15.9 Å². The molecule has 218 valence electrons. The van der Waals surface area contributed by atoms with Gasteiger partial charge in [0.2, 0.25) is 6.29 Å². The molecular formula is C30H41BrN4O5. The van der Waals surface area contributed by atoms with Gasteiger partial charge in [-0.1, -0.05) is 76.6 Å². The van der Waals surface area contributed by atoms with Crippen LogP contribution in [0.25, 0.3) is 0 Å². The van der Waals surface area contributed by atoms with E-state index in [1.807, 2.05) is 44.2 Å². The van der Waals surface area contributed by atoms with Gasteiger partial charge < -0.3 is 19.5 Å². The maximum absolute atomic E-state index is 13.3. The zero-order valence-corrected chi connectivity index (χ0v) is 25.6. The standard InChI is InChI=1S/C30H41BrN4O5/c1-18(2)13-24(28(36)38-17-22-16-35(34-33-22)15-21-9-7-6-8-10-21)32-27-26(31)29(37)40-30(27)39-25-14-20(5)11-12-23(25)19(3)4/h6-10,16,18-20,23-25,30,32H,11-15,17H2,1-5H3/t20-,23+,24+,25-,30+/m1/s1. The van der Waals surface area contributed by atoms with Crippen LogP contribution in [0.5, 0.6) is 0 Å². The lowest BCUT2D eigenvalue weighted by molar-refractivity contribution is -0.182. The van der Waals surface area contributed by atoms with E-state index in [1.54, 1.807) is 10.9 Å². The molecular weight excluding hydrogens is 576 g/mol. The molecule has 1 aromatic heterocycles. The Morgan fingerprint density at radius 1 is 1.20 bits per heavy atom. The molecule has 1 aliphatic carbocycles. The highest BCUT2D eigenvalue weighted by Crippen LogP contribution is 2.38. The number of carbonyl (C=O) groups excluding carboxylic acids is 2. The van der Waals surface area contributed by atoms with Gasteiger partial charge in [0.05, 0.1) is 18.8 Å². The second-order valence-electron chi connectivity index (χ2n) is 11.8. The maximum atomic E-state index is 13.3. The minimum atomic E-state index is -0.904. The van der Waals surface area contributed by atoms with Gasteiger partial charge in [0.25, 0.3) is 0 Å². The van der Waals surface area contributed by atoms with Crippen LogP contribution in [0.15, 0.2) is 46.7 Å². The van der Waals surface area contributed by atoms with E-state index >= 15 is 0 Å². The van der Waals surface area contributed by atoms with E-state index in [4.69, 9.17) is 14.2 Å². The highest BCUT2D eigenvalue weighted by Gasteiger charge is 2.41. The third-order valence-corrected chi connectivity index (χ3v) is 8.33. The van der Waals surface area contributed by atoms with Crippen molar-refractivity contribution < 1.29 is 23.8 Å². The zero-order chi connectivity index (χ0) is 28.8. The lowest BCUT2D eigenvalue weighted by atomic mass is 9.75. The molecule has 1 aromatic carbocycles. The molecule has 4 rings (SSSR count). The van der Waals surface area contributed by atoms with Gasteiger partial charge in [0.1, 0.15) is 28.5 Å². The number of ether oxygens (including phenoxy) is 3. The third-order valence-electron chi connectivity index (χ3n) is 7.58. The zero-order valence-electron chi connectivity index (χ0n) is 24.0. The second kappa shape index (κ2) is 13.8. The van der Waals surface area contributed by atoms with Crippen molar-refractivity contribution in [3.05, 3.63) is 58.0 Å². The molecule has 1 aliphatic heterocycles. The average molecular weight is 618 g/mol. The van der Waals surface area contributed by atoms with E-state index in [9.17, 15) is 9.59 Å². The van der Waals surface area contributed by atoms with Crippen LogP contribution in [0.1, 0.15) is 71.6 Å². The van der Waals surface area contributed by atoms with E-state index in [-0.39, 0.29) is 23.1 Å². The summed E-state index contributed by atoms with van der Waals surface area (Å²) in [5.74, 6) is 0.607. The molecule has 10 heteroatoms. The fraction of sp³-hybridized carbons (Fsp3) is 0.600. The summed E-state index contributed by atoms with van der Waals surface area (Å²) in [5.41, 5.74) is 2.09. The van der Waals surface area contributed by atoms with Gasteiger partial charge in [0.15, 0.2) is 0 Å². The molecule has 0 unspecified atom stereocenters. The van der Waals surface area contributed by atoms with Gasteiger partial charge in [-0.3, -0.25) is 0 Å². The van der Waals surface area contributed by atoms with Crippen molar-refractivity contribution in [2.75, 3.05) is 0 Å². The Morgan fingerprint density at radius 3 is 2.65 bits per heavy atom. The van der Waals surface area contributed by atoms with Crippen molar-refractivity contribution >= 4 is 27.9 Å². The van der Waals surface area contributed by atoms with Gasteiger partial charge in [-0.15, -0.1) is 5.10 Å². The lowest BCUT2D eigenvalue weighted by Gasteiger charge is -2.38. The quantitative estimate of drug-likeness (QED) is 0.319. The Labute approximate surface area is 245 Å². The number of esters is 2. The van der Waals surface area contributed by atoms with Gasteiger partial charge in [-0.25, -0.2) is 14.3 Å². The predicted molar refractivity (Wildman–Crippen MR) is 154 cm³/mol. The molecule has 0 bridgehead atoms. The maximum Gasteiger partial charge on any atom is 0.349 e. The Morgan fingerprint density at radius 2 is 1.95 bits per heavy atom. The monoisotopic (exact) mass is 616 g/mol. The first-order valence-electron chi connectivity index (χ1n) is 14.2. The lowest BCUT2D eigenvalue weighted by Crippen LogP contribution is -2.43. The Kier molecular flexibility index (Phi) is 10.4. The van der Waals surface area contributed by atoms with Gasteiger partial charge in [-0.05, 0) is 64.4 Å². The Bertz CT molecular complexity index is 1180. The van der Waals surface area contributed by atoms with E-state index in [0.29, 0.717) is 42.1 Å². The molecule has 9 nitrogen and oxygen atoms in total. The molecule has 2 heterocycles. The molecule has 2 aromatic rings. The highest BCUT2D eigenvalue weighted by atomic mass is 79.9. The van der Waals surface area contributed by atoms with E-state index < -0.39 is 24.3 Å². The number of nitrogens with one attached hydrogen (secondary N) is 1. The molecule has 0 radical (unpaired) electrons. The number of halogens is 1. The summed E-state index contributed by atoms with van der Waals surface area (Å²) >= 11 is 3.37. The van der Waals surface area contributed by atoms with Crippen molar-refractivity contribution in [3.8, 4) is 0 Å². The summed E-state index contributed by atoms with van der Waals surface area (Å²) < 4.78 is 19.7. The molecule has 1 N–H and O–H groups in total. The van der Waals surface area contributed by atoms with Crippen molar-refractivity contribution in [1.82, 2.24) is 20.3 Å². The number of hydrogen-bond donors (Lipinski definition) is 1. The number of carbonyl (C=O) groups is 2. The molecule has 5 atom stereocenters. The molecule has 1 fully saturated rings. The topological polar surface area (TPSA) is 105 Å². The minimum absolute atomic E-state index is 0.00446. The number of benzene rings is 1. The van der Waals surface area contributed by atoms with Crippen molar-refractivity contribution in [3.63, 3.8) is 0 Å². The molecule has 0 spiro atoms. The summed E-state index contributed by atoms with van der Waals surface area (Å²) in [5, 5.41) is 11.5. The Hall–Kier alpha value is -2.72.